The first-order valence-electron chi connectivity index (χ1n) is 8.54. The molecule has 0 atom stereocenters. The number of fused-ring (bicyclic) bond motifs is 1. The number of carbonyl (C=O) groups is 1. The number of pyridine rings is 1. The molecule has 5 heteroatoms. The topological polar surface area (TPSA) is 60.5 Å². The number of hydrogen-bond donors (Lipinski definition) is 1. The second-order valence-corrected chi connectivity index (χ2v) is 6.04. The van der Waals surface area contributed by atoms with Crippen molar-refractivity contribution in [2.75, 3.05) is 20.3 Å². The highest BCUT2D eigenvalue weighted by Crippen LogP contribution is 2.27. The summed E-state index contributed by atoms with van der Waals surface area (Å²) >= 11 is 0. The minimum atomic E-state index is -0.166. The van der Waals surface area contributed by atoms with Gasteiger partial charge < -0.3 is 14.8 Å². The highest BCUT2D eigenvalue weighted by Gasteiger charge is 2.08. The Morgan fingerprint density at radius 3 is 2.81 bits per heavy atom. The number of hydrogen-bond acceptors (Lipinski definition) is 4. The molecule has 0 aliphatic heterocycles. The molecule has 26 heavy (non-hydrogen) atoms. The smallest absolute Gasteiger partial charge is 0.257 e. The van der Waals surface area contributed by atoms with E-state index in [1.807, 2.05) is 55.5 Å². The number of benzene rings is 2. The van der Waals surface area contributed by atoms with E-state index in [9.17, 15) is 4.79 Å². The summed E-state index contributed by atoms with van der Waals surface area (Å²) < 4.78 is 10.8. The molecule has 0 spiro atoms. The van der Waals surface area contributed by atoms with E-state index < -0.39 is 0 Å². The SMILES string of the molecule is COc1cc(C)ccc1OCC(=O)NCCc1cccc2cccnc12. The van der Waals surface area contributed by atoms with Crippen LogP contribution in [0.15, 0.2) is 54.7 Å². The molecule has 5 nitrogen and oxygen atoms in total. The van der Waals surface area contributed by atoms with Gasteiger partial charge in [0.1, 0.15) is 0 Å². The molecule has 3 aromatic rings. The van der Waals surface area contributed by atoms with Gasteiger partial charge in [0.05, 0.1) is 12.6 Å². The molecule has 0 saturated heterocycles. The van der Waals surface area contributed by atoms with Crippen LogP contribution in [-0.2, 0) is 11.2 Å². The quantitative estimate of drug-likeness (QED) is 0.710. The summed E-state index contributed by atoms with van der Waals surface area (Å²) in [6, 6.07) is 15.6. The van der Waals surface area contributed by atoms with Gasteiger partial charge in [0.25, 0.3) is 5.91 Å². The lowest BCUT2D eigenvalue weighted by molar-refractivity contribution is -0.123. The van der Waals surface area contributed by atoms with Crippen LogP contribution < -0.4 is 14.8 Å². The number of aromatic nitrogens is 1. The van der Waals surface area contributed by atoms with Crippen LogP contribution >= 0.6 is 0 Å². The third kappa shape index (κ3) is 4.30. The number of amides is 1. The van der Waals surface area contributed by atoms with Crippen molar-refractivity contribution in [2.45, 2.75) is 13.3 Å². The molecule has 0 saturated carbocycles. The lowest BCUT2D eigenvalue weighted by Gasteiger charge is -2.11. The van der Waals surface area contributed by atoms with Crippen molar-refractivity contribution in [1.29, 1.82) is 0 Å². The first-order chi connectivity index (χ1) is 12.7. The number of nitrogens with zero attached hydrogens (tertiary/aromatic N) is 1. The number of rotatable bonds is 7. The monoisotopic (exact) mass is 350 g/mol. The highest BCUT2D eigenvalue weighted by atomic mass is 16.5. The Morgan fingerprint density at radius 1 is 1.12 bits per heavy atom. The van der Waals surface area contributed by atoms with Crippen LogP contribution in [-0.4, -0.2) is 31.2 Å². The second kappa shape index (κ2) is 8.34. The fourth-order valence-electron chi connectivity index (χ4n) is 2.79. The van der Waals surface area contributed by atoms with Crippen LogP contribution in [0.5, 0.6) is 11.5 Å². The Bertz CT molecular complexity index is 903. The molecule has 0 aliphatic rings. The van der Waals surface area contributed by atoms with E-state index in [4.69, 9.17) is 9.47 Å². The molecule has 1 aromatic heterocycles. The first kappa shape index (κ1) is 17.7. The van der Waals surface area contributed by atoms with Crippen molar-refractivity contribution in [2.24, 2.45) is 0 Å². The average Bonchev–Trinajstić information content (AvgIpc) is 2.67. The van der Waals surface area contributed by atoms with Crippen molar-refractivity contribution in [3.63, 3.8) is 0 Å². The van der Waals surface area contributed by atoms with E-state index in [0.29, 0.717) is 24.5 Å². The number of nitrogens with one attached hydrogen (secondary N) is 1. The Morgan fingerprint density at radius 2 is 1.96 bits per heavy atom. The maximum atomic E-state index is 12.0. The van der Waals surface area contributed by atoms with Gasteiger partial charge in [-0.1, -0.05) is 30.3 Å². The van der Waals surface area contributed by atoms with Gasteiger partial charge in [0, 0.05) is 18.1 Å². The van der Waals surface area contributed by atoms with Crippen molar-refractivity contribution >= 4 is 16.8 Å². The van der Waals surface area contributed by atoms with Crippen molar-refractivity contribution in [3.8, 4) is 11.5 Å². The molecule has 0 unspecified atom stereocenters. The zero-order chi connectivity index (χ0) is 18.4. The molecule has 134 valence electrons. The van der Waals surface area contributed by atoms with E-state index in [-0.39, 0.29) is 12.5 Å². The molecule has 1 amide bonds. The van der Waals surface area contributed by atoms with Gasteiger partial charge in [-0.25, -0.2) is 0 Å². The standard InChI is InChI=1S/C21H22N2O3/c1-15-8-9-18(19(13-15)25-2)26-14-20(24)22-12-10-17-6-3-5-16-7-4-11-23-21(16)17/h3-9,11,13H,10,12,14H2,1-2H3,(H,22,24). The van der Waals surface area contributed by atoms with Gasteiger partial charge >= 0.3 is 0 Å². The van der Waals surface area contributed by atoms with Gasteiger partial charge in [-0.05, 0) is 42.7 Å². The zero-order valence-electron chi connectivity index (χ0n) is 15.0. The minimum absolute atomic E-state index is 0.0484. The highest BCUT2D eigenvalue weighted by molar-refractivity contribution is 5.81. The summed E-state index contributed by atoms with van der Waals surface area (Å²) in [6.45, 7) is 2.46. The van der Waals surface area contributed by atoms with Crippen LogP contribution in [0.1, 0.15) is 11.1 Å². The summed E-state index contributed by atoms with van der Waals surface area (Å²) in [6.07, 6.45) is 2.50. The summed E-state index contributed by atoms with van der Waals surface area (Å²) in [4.78, 5) is 16.5. The molecule has 0 bridgehead atoms. The number of methoxy groups -OCH3 is 1. The van der Waals surface area contributed by atoms with Crippen molar-refractivity contribution < 1.29 is 14.3 Å². The summed E-state index contributed by atoms with van der Waals surface area (Å²) in [7, 11) is 1.58. The summed E-state index contributed by atoms with van der Waals surface area (Å²) in [5.74, 6) is 1.02. The Hall–Kier alpha value is -3.08. The van der Waals surface area contributed by atoms with Gasteiger partial charge in [0.2, 0.25) is 0 Å². The predicted molar refractivity (Wildman–Crippen MR) is 102 cm³/mol. The van der Waals surface area contributed by atoms with Gasteiger partial charge in [-0.15, -0.1) is 0 Å². The zero-order valence-corrected chi connectivity index (χ0v) is 15.0. The molecule has 2 aromatic carbocycles. The van der Waals surface area contributed by atoms with Crippen molar-refractivity contribution in [1.82, 2.24) is 10.3 Å². The van der Waals surface area contributed by atoms with Crippen LogP contribution in [0.25, 0.3) is 10.9 Å². The molecule has 0 fully saturated rings. The summed E-state index contributed by atoms with van der Waals surface area (Å²) in [5.41, 5.74) is 3.16. The lowest BCUT2D eigenvalue weighted by Crippen LogP contribution is -2.30. The van der Waals surface area contributed by atoms with Crippen molar-refractivity contribution in [3.05, 3.63) is 65.9 Å². The molecule has 1 N–H and O–H groups in total. The van der Waals surface area contributed by atoms with Crippen LogP contribution in [0.4, 0.5) is 0 Å². The molecule has 0 aliphatic carbocycles. The maximum Gasteiger partial charge on any atom is 0.257 e. The third-order valence-electron chi connectivity index (χ3n) is 4.11. The Kier molecular flexibility index (Phi) is 5.69. The van der Waals surface area contributed by atoms with E-state index in [1.54, 1.807) is 13.3 Å². The fraction of sp³-hybridized carbons (Fsp3) is 0.238. The lowest BCUT2D eigenvalue weighted by atomic mass is 10.1. The first-order valence-corrected chi connectivity index (χ1v) is 8.54. The second-order valence-electron chi connectivity index (χ2n) is 6.04. The van der Waals surface area contributed by atoms with Crippen LogP contribution in [0.3, 0.4) is 0 Å². The average molecular weight is 350 g/mol. The predicted octanol–water partition coefficient (Wildman–Crippen LogP) is 3.29. The van der Waals surface area contributed by atoms with E-state index in [2.05, 4.69) is 10.3 Å². The molecule has 0 radical (unpaired) electrons. The van der Waals surface area contributed by atoms with Gasteiger partial charge in [-0.3, -0.25) is 9.78 Å². The maximum absolute atomic E-state index is 12.0. The minimum Gasteiger partial charge on any atom is -0.493 e. The number of aryl methyl sites for hydroxylation is 1. The third-order valence-corrected chi connectivity index (χ3v) is 4.11. The van der Waals surface area contributed by atoms with E-state index >= 15 is 0 Å². The Balaban J connectivity index is 1.52. The molecular formula is C21H22N2O3. The molecular weight excluding hydrogens is 328 g/mol. The fourth-order valence-corrected chi connectivity index (χ4v) is 2.79. The molecule has 3 rings (SSSR count). The van der Waals surface area contributed by atoms with Crippen LogP contribution in [0.2, 0.25) is 0 Å². The largest absolute Gasteiger partial charge is 0.493 e. The Labute approximate surface area is 153 Å². The number of ether oxygens (including phenoxy) is 2. The normalized spacial score (nSPS) is 10.5. The van der Waals surface area contributed by atoms with Gasteiger partial charge in [0.15, 0.2) is 18.1 Å². The summed E-state index contributed by atoms with van der Waals surface area (Å²) in [5, 5.41) is 3.99. The van der Waals surface area contributed by atoms with Gasteiger partial charge in [-0.2, -0.15) is 0 Å². The van der Waals surface area contributed by atoms with Crippen LogP contribution in [0, 0.1) is 6.92 Å². The number of carbonyl (C=O) groups excluding carboxylic acids is 1. The van der Waals surface area contributed by atoms with E-state index in [1.165, 1.54) is 0 Å². The van der Waals surface area contributed by atoms with E-state index in [0.717, 1.165) is 22.0 Å². The molecule has 1 heterocycles. The number of para-hydroxylation sites is 1.